The molecule has 0 spiro atoms. The number of rotatable bonds is 21. The summed E-state index contributed by atoms with van der Waals surface area (Å²) in [6.07, 6.45) is -18.0. The van der Waals surface area contributed by atoms with Gasteiger partial charge in [-0.1, -0.05) is 25.8 Å². The number of carbonyl (C=O) groups is 1. The highest BCUT2D eigenvalue weighted by atomic mass is 19.3. The summed E-state index contributed by atoms with van der Waals surface area (Å²) >= 11 is 0. The van der Waals surface area contributed by atoms with Gasteiger partial charge in [-0.2, -0.15) is 17.6 Å². The van der Waals surface area contributed by atoms with Crippen molar-refractivity contribution in [1.29, 1.82) is 0 Å². The van der Waals surface area contributed by atoms with Gasteiger partial charge in [0, 0.05) is 23.0 Å². The van der Waals surface area contributed by atoms with Crippen LogP contribution in [0.25, 0.3) is 22.3 Å². The molecule has 18 heteroatoms. The average Bonchev–Trinajstić information content (AvgIpc) is 3.43. The van der Waals surface area contributed by atoms with E-state index in [4.69, 9.17) is 25.4 Å². The molecule has 0 radical (unpaired) electrons. The van der Waals surface area contributed by atoms with Crippen LogP contribution in [0.5, 0.6) is 11.5 Å². The maximum atomic E-state index is 14.3. The van der Waals surface area contributed by atoms with Crippen LogP contribution in [0.1, 0.15) is 65.9 Å². The lowest BCUT2D eigenvalue weighted by Gasteiger charge is -2.34. The Hall–Kier alpha value is -3.71. The highest BCUT2D eigenvalue weighted by Gasteiger charge is 2.57. The number of hydrogen-bond donors (Lipinski definition) is 2. The third-order valence-corrected chi connectivity index (χ3v) is 7.84. The Morgan fingerprint density at radius 1 is 0.830 bits per heavy atom. The second-order valence-corrected chi connectivity index (χ2v) is 13.7. The molecule has 1 heterocycles. The van der Waals surface area contributed by atoms with Crippen molar-refractivity contribution in [3.63, 3.8) is 0 Å². The largest absolute Gasteiger partial charge is 0.496 e. The van der Waals surface area contributed by atoms with E-state index in [1.165, 1.54) is 39.2 Å². The molecule has 0 amide bonds. The molecule has 53 heavy (non-hydrogen) atoms. The van der Waals surface area contributed by atoms with Crippen LogP contribution in [0.4, 0.5) is 35.1 Å². The zero-order chi connectivity index (χ0) is 40.0. The van der Waals surface area contributed by atoms with E-state index in [0.29, 0.717) is 22.5 Å². The first-order chi connectivity index (χ1) is 24.3. The van der Waals surface area contributed by atoms with Crippen molar-refractivity contribution in [3.8, 4) is 22.8 Å². The molecule has 2 aromatic carbocycles. The summed E-state index contributed by atoms with van der Waals surface area (Å²) in [4.78, 5) is 12.4. The van der Waals surface area contributed by atoms with Crippen LogP contribution in [0, 0.1) is 5.41 Å². The van der Waals surface area contributed by atoms with E-state index in [1.807, 2.05) is 18.2 Å². The van der Waals surface area contributed by atoms with Gasteiger partial charge in [0.25, 0.3) is 0 Å². The summed E-state index contributed by atoms with van der Waals surface area (Å²) in [5.74, 6) is -0.802. The normalized spacial score (nSPS) is 14.0. The molecule has 0 aliphatic carbocycles. The molecule has 1 atom stereocenters. The van der Waals surface area contributed by atoms with Crippen molar-refractivity contribution >= 4 is 16.9 Å². The molecule has 0 fully saturated rings. The molecule has 3 rings (SSSR count). The standard InChI is InChI=1S/C35H44F8N2O8/c1-7-8-9-10-21-11-14-24(26(15-21)47-6)27-16-22-12-13-23(17-25(22)50-27)48-19-32(36,37)51-34(40,41)53-35(42,43)52-33(38,39)20-49-29(46)31(4,5)28(44)18-30(2,3)45/h11-17,28H,7-10,18-20,44-45H2,1-6H3. The fourth-order valence-corrected chi connectivity index (χ4v) is 4.97. The summed E-state index contributed by atoms with van der Waals surface area (Å²) in [5, 5.41) is 0.515. The molecule has 0 saturated heterocycles. The van der Waals surface area contributed by atoms with Gasteiger partial charge < -0.3 is 30.1 Å². The van der Waals surface area contributed by atoms with E-state index < -0.39 is 61.0 Å². The van der Waals surface area contributed by atoms with Gasteiger partial charge in [-0.15, -0.1) is 17.6 Å². The Balaban J connectivity index is 1.59. The summed E-state index contributed by atoms with van der Waals surface area (Å²) in [7, 11) is 1.49. The Bertz CT molecular complexity index is 1680. The van der Waals surface area contributed by atoms with E-state index in [0.717, 1.165) is 31.2 Å². The van der Waals surface area contributed by atoms with Crippen LogP contribution in [-0.4, -0.2) is 62.7 Å². The van der Waals surface area contributed by atoms with E-state index in [1.54, 1.807) is 19.9 Å². The summed E-state index contributed by atoms with van der Waals surface area (Å²) in [6.45, 7) is 3.50. The molecule has 10 nitrogen and oxygen atoms in total. The quantitative estimate of drug-likeness (QED) is 0.0469. The van der Waals surface area contributed by atoms with Crippen molar-refractivity contribution in [2.24, 2.45) is 16.9 Å². The van der Waals surface area contributed by atoms with Crippen molar-refractivity contribution in [3.05, 3.63) is 48.0 Å². The van der Waals surface area contributed by atoms with Gasteiger partial charge in [-0.05, 0) is 82.9 Å². The summed E-state index contributed by atoms with van der Waals surface area (Å²) < 4.78 is 142. The number of alkyl halides is 8. The van der Waals surface area contributed by atoms with E-state index in [-0.39, 0.29) is 17.8 Å². The number of hydrogen-bond acceptors (Lipinski definition) is 10. The number of halogens is 8. The maximum Gasteiger partial charge on any atom is 0.496 e. The molecule has 298 valence electrons. The SMILES string of the molecule is CCCCCc1ccc(-c2cc3ccc(OCC(F)(F)OC(F)(F)OC(F)(F)OC(F)(F)COC(=O)C(C)(C)C(N)CC(C)(C)N)cc3o2)c(OC)c1. The molecular formula is C35H44F8N2O8. The fraction of sp³-hybridized carbons (Fsp3) is 0.571. The van der Waals surface area contributed by atoms with Crippen LogP contribution in [0.3, 0.4) is 0 Å². The van der Waals surface area contributed by atoms with Crippen molar-refractivity contribution in [1.82, 2.24) is 0 Å². The van der Waals surface area contributed by atoms with Gasteiger partial charge in [-0.3, -0.25) is 4.79 Å². The first kappa shape index (κ1) is 43.7. The Morgan fingerprint density at radius 2 is 1.45 bits per heavy atom. The van der Waals surface area contributed by atoms with Crippen LogP contribution in [0.2, 0.25) is 0 Å². The van der Waals surface area contributed by atoms with Crippen molar-refractivity contribution in [2.75, 3.05) is 20.3 Å². The smallest absolute Gasteiger partial charge is 0.496 e. The zero-order valence-corrected chi connectivity index (χ0v) is 30.0. The molecule has 1 aromatic heterocycles. The minimum atomic E-state index is -5.94. The predicted octanol–water partition coefficient (Wildman–Crippen LogP) is 8.58. The zero-order valence-electron chi connectivity index (χ0n) is 30.0. The number of nitrogens with two attached hydrogens (primary N) is 2. The van der Waals surface area contributed by atoms with Gasteiger partial charge in [0.05, 0.1) is 18.1 Å². The second-order valence-electron chi connectivity index (χ2n) is 13.7. The number of carbonyl (C=O) groups excluding carboxylic acids is 1. The van der Waals surface area contributed by atoms with Crippen molar-refractivity contribution in [2.45, 2.75) is 103 Å². The fourth-order valence-electron chi connectivity index (χ4n) is 4.97. The summed E-state index contributed by atoms with van der Waals surface area (Å²) in [5.41, 5.74) is 11.0. The Kier molecular flexibility index (Phi) is 13.8. The highest BCUT2D eigenvalue weighted by Crippen LogP contribution is 2.39. The number of unbranched alkanes of at least 4 members (excludes halogenated alkanes) is 2. The molecule has 1 unspecified atom stereocenters. The molecule has 0 bridgehead atoms. The number of fused-ring (bicyclic) bond motifs is 1. The van der Waals surface area contributed by atoms with Crippen LogP contribution in [-0.2, 0) is 30.2 Å². The predicted molar refractivity (Wildman–Crippen MR) is 176 cm³/mol. The summed E-state index contributed by atoms with van der Waals surface area (Å²) in [6, 6.07) is 10.0. The number of furan rings is 1. The molecule has 4 N–H and O–H groups in total. The minimum absolute atomic E-state index is 0.0173. The molecule has 3 aromatic rings. The Labute approximate surface area is 300 Å². The van der Waals surface area contributed by atoms with Crippen LogP contribution >= 0.6 is 0 Å². The van der Waals surface area contributed by atoms with Crippen LogP contribution in [0.15, 0.2) is 46.9 Å². The van der Waals surface area contributed by atoms with Gasteiger partial charge in [0.15, 0.2) is 13.2 Å². The lowest BCUT2D eigenvalue weighted by Crippen LogP contribution is -2.51. The van der Waals surface area contributed by atoms with Gasteiger partial charge in [0.2, 0.25) is 0 Å². The third kappa shape index (κ3) is 13.3. The average molecular weight is 773 g/mol. The van der Waals surface area contributed by atoms with E-state index in [9.17, 15) is 39.9 Å². The first-order valence-electron chi connectivity index (χ1n) is 16.4. The van der Waals surface area contributed by atoms with E-state index in [2.05, 4.69) is 25.9 Å². The molecule has 0 aliphatic rings. The first-order valence-corrected chi connectivity index (χ1v) is 16.4. The topological polar surface area (TPSA) is 138 Å². The molecule has 0 saturated carbocycles. The van der Waals surface area contributed by atoms with E-state index >= 15 is 0 Å². The van der Waals surface area contributed by atoms with Gasteiger partial charge in [0.1, 0.15) is 22.8 Å². The van der Waals surface area contributed by atoms with Gasteiger partial charge in [-0.25, -0.2) is 14.2 Å². The number of aryl methyl sites for hydroxylation is 1. The highest BCUT2D eigenvalue weighted by molar-refractivity contribution is 5.85. The number of ether oxygens (including phenoxy) is 6. The van der Waals surface area contributed by atoms with Crippen molar-refractivity contribution < 1.29 is 72.8 Å². The lowest BCUT2D eigenvalue weighted by atomic mass is 9.79. The van der Waals surface area contributed by atoms with Crippen LogP contribution < -0.4 is 20.9 Å². The minimum Gasteiger partial charge on any atom is -0.496 e. The number of methoxy groups -OCH3 is 1. The number of esters is 1. The maximum absolute atomic E-state index is 14.3. The Morgan fingerprint density at radius 3 is 2.04 bits per heavy atom. The second kappa shape index (κ2) is 16.8. The third-order valence-electron chi connectivity index (χ3n) is 7.84. The number of benzene rings is 2. The monoisotopic (exact) mass is 772 g/mol. The molecular weight excluding hydrogens is 728 g/mol. The molecule has 0 aliphatic heterocycles. The lowest BCUT2D eigenvalue weighted by molar-refractivity contribution is -0.574. The van der Waals surface area contributed by atoms with Gasteiger partial charge >= 0.3 is 30.8 Å².